The van der Waals surface area contributed by atoms with E-state index in [1.54, 1.807) is 22.7 Å². The second kappa shape index (κ2) is 8.57. The Bertz CT molecular complexity index is 1390. The van der Waals surface area contributed by atoms with Crippen molar-refractivity contribution in [1.82, 2.24) is 19.7 Å². The number of halogens is 1. The first kappa shape index (κ1) is 22.1. The minimum atomic E-state index is -0.405. The van der Waals surface area contributed by atoms with Gasteiger partial charge < -0.3 is 24.7 Å². The van der Waals surface area contributed by atoms with Crippen LogP contribution in [0.4, 0.5) is 15.8 Å². The Morgan fingerprint density at radius 2 is 1.94 bits per heavy atom. The number of aryl methyl sites for hydroxylation is 1. The van der Waals surface area contributed by atoms with Crippen molar-refractivity contribution in [2.24, 2.45) is 0 Å². The first-order chi connectivity index (χ1) is 16.3. The third-order valence-electron chi connectivity index (χ3n) is 6.06. The number of piperazine rings is 1. The summed E-state index contributed by atoms with van der Waals surface area (Å²) in [7, 11) is 1.54. The van der Waals surface area contributed by atoms with Crippen LogP contribution in [0.25, 0.3) is 16.6 Å². The van der Waals surface area contributed by atoms with Crippen molar-refractivity contribution in [3.05, 3.63) is 59.8 Å². The Balaban J connectivity index is 1.54. The number of ether oxygens (including phenoxy) is 1. The Morgan fingerprint density at radius 1 is 1.18 bits per heavy atom. The van der Waals surface area contributed by atoms with Gasteiger partial charge in [0.15, 0.2) is 0 Å². The van der Waals surface area contributed by atoms with Gasteiger partial charge >= 0.3 is 0 Å². The molecule has 0 bridgehead atoms. The van der Waals surface area contributed by atoms with Gasteiger partial charge in [-0.2, -0.15) is 0 Å². The maximum atomic E-state index is 14.6. The second-order valence-corrected chi connectivity index (χ2v) is 8.96. The summed E-state index contributed by atoms with van der Waals surface area (Å²) in [5.41, 5.74) is 4.06. The highest BCUT2D eigenvalue weighted by atomic mass is 19.1. The summed E-state index contributed by atoms with van der Waals surface area (Å²) in [6.45, 7) is 7.78. The van der Waals surface area contributed by atoms with E-state index >= 15 is 0 Å². The molecule has 0 radical (unpaired) electrons. The Labute approximate surface area is 196 Å². The molecule has 2 N–H and O–H groups in total. The number of carbonyl (C=O) groups excluding carboxylic acids is 1. The van der Waals surface area contributed by atoms with Crippen LogP contribution >= 0.6 is 0 Å². The molecule has 2 atom stereocenters. The normalized spacial score (nSPS) is 18.4. The molecule has 9 heteroatoms. The first-order valence-corrected chi connectivity index (χ1v) is 11.3. The van der Waals surface area contributed by atoms with E-state index in [0.717, 1.165) is 24.3 Å². The van der Waals surface area contributed by atoms with Gasteiger partial charge in [-0.1, -0.05) is 0 Å². The molecule has 176 valence electrons. The maximum Gasteiger partial charge on any atom is 0.257 e. The number of pyridine rings is 1. The van der Waals surface area contributed by atoms with E-state index in [1.807, 2.05) is 19.2 Å². The highest BCUT2D eigenvalue weighted by Crippen LogP contribution is 2.30. The topological polar surface area (TPSA) is 83.8 Å². The van der Waals surface area contributed by atoms with Crippen LogP contribution in [0, 0.1) is 12.7 Å². The summed E-state index contributed by atoms with van der Waals surface area (Å²) in [6, 6.07) is 7.34. The molecule has 1 aromatic carbocycles. The number of methoxy groups -OCH3 is 1. The third-order valence-corrected chi connectivity index (χ3v) is 6.06. The molecule has 1 amide bonds. The smallest absolute Gasteiger partial charge is 0.257 e. The Kier molecular flexibility index (Phi) is 5.57. The zero-order valence-corrected chi connectivity index (χ0v) is 19.6. The lowest BCUT2D eigenvalue weighted by Gasteiger charge is -2.38. The number of benzene rings is 1. The van der Waals surface area contributed by atoms with Crippen molar-refractivity contribution in [2.75, 3.05) is 30.4 Å². The number of fused-ring (bicyclic) bond motifs is 2. The van der Waals surface area contributed by atoms with Gasteiger partial charge in [-0.05, 0) is 44.5 Å². The van der Waals surface area contributed by atoms with Crippen LogP contribution in [0.2, 0.25) is 0 Å². The summed E-state index contributed by atoms with van der Waals surface area (Å²) in [5, 5.41) is 6.34. The lowest BCUT2D eigenvalue weighted by atomic mass is 10.1. The highest BCUT2D eigenvalue weighted by Gasteiger charge is 2.25. The second-order valence-electron chi connectivity index (χ2n) is 8.96. The van der Waals surface area contributed by atoms with E-state index < -0.39 is 5.82 Å². The van der Waals surface area contributed by atoms with Crippen molar-refractivity contribution < 1.29 is 13.9 Å². The third kappa shape index (κ3) is 4.03. The number of aromatic nitrogens is 3. The van der Waals surface area contributed by atoms with Crippen molar-refractivity contribution in [3.8, 4) is 5.88 Å². The maximum absolute atomic E-state index is 14.6. The van der Waals surface area contributed by atoms with Crippen LogP contribution in [-0.2, 0) is 0 Å². The van der Waals surface area contributed by atoms with Gasteiger partial charge in [-0.3, -0.25) is 4.79 Å². The van der Waals surface area contributed by atoms with Crippen molar-refractivity contribution in [3.63, 3.8) is 0 Å². The van der Waals surface area contributed by atoms with E-state index in [0.29, 0.717) is 45.8 Å². The monoisotopic (exact) mass is 462 g/mol. The number of hydrogen-bond donors (Lipinski definition) is 2. The lowest BCUT2D eigenvalue weighted by Crippen LogP contribution is -2.54. The van der Waals surface area contributed by atoms with Gasteiger partial charge in [0.25, 0.3) is 5.91 Å². The summed E-state index contributed by atoms with van der Waals surface area (Å²) in [6.07, 6.45) is 5.00. The molecule has 4 heterocycles. The molecule has 0 spiro atoms. The van der Waals surface area contributed by atoms with E-state index in [4.69, 9.17) is 4.74 Å². The van der Waals surface area contributed by atoms with Crippen LogP contribution in [0.5, 0.6) is 5.88 Å². The summed E-state index contributed by atoms with van der Waals surface area (Å²) in [4.78, 5) is 24.7. The Morgan fingerprint density at radius 3 is 2.68 bits per heavy atom. The zero-order valence-electron chi connectivity index (χ0n) is 19.6. The highest BCUT2D eigenvalue weighted by molar-refractivity contribution is 6.13. The molecular formula is C25H27FN6O2. The van der Waals surface area contributed by atoms with Gasteiger partial charge in [0, 0.05) is 43.6 Å². The molecule has 0 aliphatic carbocycles. The number of carbonyl (C=O) groups is 1. The number of anilines is 2. The summed E-state index contributed by atoms with van der Waals surface area (Å²) in [5.74, 6) is -0.420. The lowest BCUT2D eigenvalue weighted by molar-refractivity contribution is 0.102. The van der Waals surface area contributed by atoms with Gasteiger partial charge in [-0.15, -0.1) is 0 Å². The largest absolute Gasteiger partial charge is 0.480 e. The number of amides is 1. The van der Waals surface area contributed by atoms with Crippen molar-refractivity contribution in [2.45, 2.75) is 32.9 Å². The molecule has 1 fully saturated rings. The molecule has 1 aliphatic heterocycles. The standard InChI is InChI=1S/C25H27FN6O2/c1-14-7-21-19(26)8-17(13-31(21)10-14)29-25(33)18-5-6-20(32-11-15(2)28-16(3)12-32)24-23(18)27-9-22(30-24)34-4/h5-10,13,15-16,28H,11-12H2,1-4H3,(H,29,33)/t15-,16+. The van der Waals surface area contributed by atoms with Crippen LogP contribution in [-0.4, -0.2) is 52.6 Å². The van der Waals surface area contributed by atoms with Crippen LogP contribution in [0.15, 0.2) is 42.9 Å². The number of nitrogens with zero attached hydrogens (tertiary/aromatic N) is 4. The summed E-state index contributed by atoms with van der Waals surface area (Å²) >= 11 is 0. The van der Waals surface area contributed by atoms with Crippen LogP contribution in [0.3, 0.4) is 0 Å². The fourth-order valence-corrected chi connectivity index (χ4v) is 4.71. The molecule has 5 rings (SSSR count). The van der Waals surface area contributed by atoms with Crippen LogP contribution in [0.1, 0.15) is 29.8 Å². The zero-order chi connectivity index (χ0) is 24.0. The molecule has 1 aliphatic rings. The average molecular weight is 463 g/mol. The molecule has 34 heavy (non-hydrogen) atoms. The van der Waals surface area contributed by atoms with Gasteiger partial charge in [0.2, 0.25) is 5.88 Å². The SMILES string of the molecule is COc1cnc2c(C(=O)Nc3cc(F)c4cc(C)cn4c3)ccc(N3C[C@@H](C)N[C@@H](C)C3)c2n1. The molecular weight excluding hydrogens is 435 g/mol. The molecule has 8 nitrogen and oxygen atoms in total. The molecule has 4 aromatic rings. The average Bonchev–Trinajstić information content (AvgIpc) is 3.18. The molecule has 0 unspecified atom stereocenters. The van der Waals surface area contributed by atoms with E-state index in [2.05, 4.69) is 39.3 Å². The van der Waals surface area contributed by atoms with Gasteiger partial charge in [0.1, 0.15) is 16.9 Å². The predicted octanol–water partition coefficient (Wildman–Crippen LogP) is 3.78. The number of rotatable bonds is 4. The fraction of sp³-hybridized carbons (Fsp3) is 0.320. The minimum Gasteiger partial charge on any atom is -0.480 e. The predicted molar refractivity (Wildman–Crippen MR) is 130 cm³/mol. The van der Waals surface area contributed by atoms with E-state index in [-0.39, 0.29) is 5.91 Å². The fourth-order valence-electron chi connectivity index (χ4n) is 4.71. The van der Waals surface area contributed by atoms with E-state index in [9.17, 15) is 9.18 Å². The van der Waals surface area contributed by atoms with Crippen LogP contribution < -0.4 is 20.3 Å². The first-order valence-electron chi connectivity index (χ1n) is 11.3. The quantitative estimate of drug-likeness (QED) is 0.480. The minimum absolute atomic E-state index is 0.308. The van der Waals surface area contributed by atoms with Gasteiger partial charge in [0.05, 0.1) is 35.8 Å². The van der Waals surface area contributed by atoms with Crippen molar-refractivity contribution in [1.29, 1.82) is 0 Å². The molecule has 1 saturated heterocycles. The molecule has 3 aromatic heterocycles. The van der Waals surface area contributed by atoms with Gasteiger partial charge in [-0.25, -0.2) is 14.4 Å². The summed E-state index contributed by atoms with van der Waals surface area (Å²) < 4.78 is 21.5. The number of nitrogens with one attached hydrogen (secondary N) is 2. The Hall–Kier alpha value is -3.72. The van der Waals surface area contributed by atoms with Crippen molar-refractivity contribution >= 4 is 33.8 Å². The number of hydrogen-bond acceptors (Lipinski definition) is 6. The van der Waals surface area contributed by atoms with E-state index in [1.165, 1.54) is 19.4 Å². The molecule has 0 saturated carbocycles.